The Morgan fingerprint density at radius 2 is 1.90 bits per heavy atom. The van der Waals surface area contributed by atoms with Crippen LogP contribution in [-0.2, 0) is 13.7 Å². The van der Waals surface area contributed by atoms with Gasteiger partial charge in [0.25, 0.3) is 0 Å². The van der Waals surface area contributed by atoms with E-state index in [9.17, 15) is 4.79 Å². The number of nitrogens with zero attached hydrogens (tertiary/aromatic N) is 6. The lowest BCUT2D eigenvalue weighted by Gasteiger charge is -2.14. The van der Waals surface area contributed by atoms with Crippen LogP contribution in [0.15, 0.2) is 59.5 Å². The van der Waals surface area contributed by atoms with Crippen molar-refractivity contribution in [3.05, 3.63) is 76.3 Å². The summed E-state index contributed by atoms with van der Waals surface area (Å²) in [6.45, 7) is 0.302. The van der Waals surface area contributed by atoms with Crippen LogP contribution in [0.5, 0.6) is 5.88 Å². The van der Waals surface area contributed by atoms with Crippen molar-refractivity contribution in [2.75, 3.05) is 0 Å². The molecule has 2 aromatic heterocycles. The van der Waals surface area contributed by atoms with Crippen molar-refractivity contribution in [3.63, 3.8) is 0 Å². The molecule has 2 heterocycles. The molecule has 2 aromatic carbocycles. The van der Waals surface area contributed by atoms with Crippen LogP contribution >= 0.6 is 0 Å². The molecule has 4 aromatic rings. The van der Waals surface area contributed by atoms with E-state index in [-0.39, 0.29) is 5.69 Å². The zero-order chi connectivity index (χ0) is 20.7. The molecule has 30 heavy (non-hydrogen) atoms. The van der Waals surface area contributed by atoms with Gasteiger partial charge in [-0.25, -0.2) is 9.48 Å². The average molecular weight is 400 g/mol. The van der Waals surface area contributed by atoms with Crippen LogP contribution < -0.4 is 15.9 Å². The van der Waals surface area contributed by atoms with Gasteiger partial charge in [-0.05, 0) is 52.9 Å². The Bertz CT molecular complexity index is 1250. The maximum absolute atomic E-state index is 12.4. The topological polar surface area (TPSA) is 79.8 Å². The molecule has 1 fully saturated rings. The van der Waals surface area contributed by atoms with Crippen LogP contribution in [0.25, 0.3) is 11.4 Å². The van der Waals surface area contributed by atoms with Crippen molar-refractivity contribution in [1.82, 2.24) is 29.6 Å². The maximum Gasteiger partial charge on any atom is 0.368 e. The lowest BCUT2D eigenvalue weighted by Crippen LogP contribution is -2.23. The van der Waals surface area contributed by atoms with Gasteiger partial charge in [0.2, 0.25) is 5.88 Å². The molecule has 0 saturated heterocycles. The molecule has 1 aliphatic carbocycles. The number of rotatable bonds is 6. The first kappa shape index (κ1) is 18.4. The van der Waals surface area contributed by atoms with E-state index in [4.69, 9.17) is 4.74 Å². The minimum absolute atomic E-state index is 0.284. The fraction of sp³-hybridized carbons (Fsp3) is 0.238. The molecular formula is C21H21BN6O2. The predicted molar refractivity (Wildman–Crippen MR) is 115 cm³/mol. The minimum Gasteiger partial charge on any atom is -0.472 e. The molecule has 0 radical (unpaired) electrons. The zero-order valence-corrected chi connectivity index (χ0v) is 16.9. The van der Waals surface area contributed by atoms with E-state index in [1.807, 2.05) is 48.7 Å². The number of ether oxygens (including phenoxy) is 1. The first-order valence-corrected chi connectivity index (χ1v) is 9.97. The number of aryl methyl sites for hydroxylation is 1. The molecule has 5 rings (SSSR count). The summed E-state index contributed by atoms with van der Waals surface area (Å²) in [4.78, 5) is 12.4. The Morgan fingerprint density at radius 3 is 2.60 bits per heavy atom. The Hall–Kier alpha value is -3.62. The van der Waals surface area contributed by atoms with Crippen LogP contribution in [0, 0.1) is 0 Å². The van der Waals surface area contributed by atoms with E-state index in [1.165, 1.54) is 20.4 Å². The highest BCUT2D eigenvalue weighted by Crippen LogP contribution is 2.43. The van der Waals surface area contributed by atoms with Crippen molar-refractivity contribution in [3.8, 4) is 17.3 Å². The van der Waals surface area contributed by atoms with Crippen LogP contribution in [0.1, 0.15) is 29.9 Å². The molecule has 0 aliphatic heterocycles. The fourth-order valence-corrected chi connectivity index (χ4v) is 3.56. The molecule has 0 atom stereocenters. The Balaban J connectivity index is 1.44. The second kappa shape index (κ2) is 7.33. The third kappa shape index (κ3) is 3.43. The lowest BCUT2D eigenvalue weighted by atomic mass is 9.96. The molecular weight excluding hydrogens is 379 g/mol. The third-order valence-corrected chi connectivity index (χ3v) is 5.38. The summed E-state index contributed by atoms with van der Waals surface area (Å²) in [5.74, 6) is 1.03. The predicted octanol–water partition coefficient (Wildman–Crippen LogP) is 0.866. The van der Waals surface area contributed by atoms with Gasteiger partial charge in [0.15, 0.2) is 0 Å². The largest absolute Gasteiger partial charge is 0.472 e. The highest BCUT2D eigenvalue weighted by Gasteiger charge is 2.28. The second-order valence-corrected chi connectivity index (χ2v) is 7.64. The summed E-state index contributed by atoms with van der Waals surface area (Å²) in [5.41, 5.74) is 4.74. The highest BCUT2D eigenvalue weighted by molar-refractivity contribution is 6.32. The number of hydrogen-bond donors (Lipinski definition) is 0. The van der Waals surface area contributed by atoms with Gasteiger partial charge in [0.1, 0.15) is 14.5 Å². The van der Waals surface area contributed by atoms with Gasteiger partial charge in [0, 0.05) is 24.9 Å². The van der Waals surface area contributed by atoms with Gasteiger partial charge in [-0.3, -0.25) is 0 Å². The number of aromatic nitrogens is 6. The lowest BCUT2D eigenvalue weighted by molar-refractivity contribution is 0.290. The molecule has 8 nitrogen and oxygen atoms in total. The molecule has 1 aliphatic rings. The number of hydrogen-bond acceptors (Lipinski definition) is 5. The van der Waals surface area contributed by atoms with Gasteiger partial charge in [0.05, 0.1) is 11.4 Å². The Morgan fingerprint density at radius 1 is 1.10 bits per heavy atom. The van der Waals surface area contributed by atoms with E-state index in [0.29, 0.717) is 24.1 Å². The van der Waals surface area contributed by atoms with E-state index in [0.717, 1.165) is 24.1 Å². The molecule has 1 saturated carbocycles. The smallest absolute Gasteiger partial charge is 0.368 e. The maximum atomic E-state index is 12.4. The van der Waals surface area contributed by atoms with Crippen LogP contribution in [0.2, 0.25) is 0 Å². The molecule has 0 spiro atoms. The van der Waals surface area contributed by atoms with E-state index >= 15 is 0 Å². The van der Waals surface area contributed by atoms with Crippen molar-refractivity contribution < 1.29 is 4.74 Å². The first-order valence-electron chi connectivity index (χ1n) is 9.97. The van der Waals surface area contributed by atoms with Crippen LogP contribution in [0.3, 0.4) is 0 Å². The molecule has 150 valence electrons. The Labute approximate surface area is 174 Å². The summed E-state index contributed by atoms with van der Waals surface area (Å²) in [6.07, 6.45) is 4.17. The summed E-state index contributed by atoms with van der Waals surface area (Å²) >= 11 is 0. The van der Waals surface area contributed by atoms with Crippen molar-refractivity contribution >= 4 is 13.3 Å². The molecule has 0 amide bonds. The summed E-state index contributed by atoms with van der Waals surface area (Å²) in [6, 6.07) is 15.9. The molecule has 9 heteroatoms. The number of tetrazole rings is 1. The normalized spacial score (nSPS) is 13.5. The third-order valence-electron chi connectivity index (χ3n) is 5.38. The monoisotopic (exact) mass is 400 g/mol. The molecule has 0 bridgehead atoms. The van der Waals surface area contributed by atoms with E-state index in [2.05, 4.69) is 29.4 Å². The van der Waals surface area contributed by atoms with Crippen molar-refractivity contribution in [1.29, 1.82) is 0 Å². The Kier molecular flexibility index (Phi) is 4.50. The van der Waals surface area contributed by atoms with Crippen LogP contribution in [0.4, 0.5) is 0 Å². The van der Waals surface area contributed by atoms with Crippen molar-refractivity contribution in [2.45, 2.75) is 25.4 Å². The molecule has 0 N–H and O–H groups in total. The van der Waals surface area contributed by atoms with E-state index < -0.39 is 0 Å². The fourth-order valence-electron chi connectivity index (χ4n) is 3.56. The number of benzene rings is 2. The van der Waals surface area contributed by atoms with Gasteiger partial charge in [-0.15, -0.1) is 5.10 Å². The first-order chi connectivity index (χ1) is 14.6. The SMILES string of the molecule is Bc1ccc(-n2ccc(OCc3c(C4CC4)cccc3-n3nnn(C)c3=O)n2)cc1. The molecule has 0 unspecified atom stereocenters. The average Bonchev–Trinajstić information content (AvgIpc) is 3.41. The standard InChI is InChI=1S/C21H21BN6O2/c1-26-21(29)28(25-24-26)19-4-2-3-17(14-5-6-14)18(19)13-30-20-11-12-27(23-20)16-9-7-15(22)8-10-16/h2-4,7-12,14H,5-6,13,22H2,1H3. The van der Waals surface area contributed by atoms with Gasteiger partial charge in [-0.2, -0.15) is 9.36 Å². The van der Waals surface area contributed by atoms with Gasteiger partial charge in [-0.1, -0.05) is 29.7 Å². The second-order valence-electron chi connectivity index (χ2n) is 7.64. The zero-order valence-electron chi connectivity index (χ0n) is 16.9. The highest BCUT2D eigenvalue weighted by atomic mass is 16.5. The summed E-state index contributed by atoms with van der Waals surface area (Å²) in [7, 11) is 3.64. The van der Waals surface area contributed by atoms with Gasteiger partial charge < -0.3 is 4.74 Å². The van der Waals surface area contributed by atoms with E-state index in [1.54, 1.807) is 11.7 Å². The van der Waals surface area contributed by atoms with Gasteiger partial charge >= 0.3 is 5.69 Å². The van der Waals surface area contributed by atoms with Crippen molar-refractivity contribution in [2.24, 2.45) is 7.05 Å². The van der Waals surface area contributed by atoms with Crippen LogP contribution in [-0.4, -0.2) is 37.4 Å². The minimum atomic E-state index is -0.284. The quantitative estimate of drug-likeness (QED) is 0.449. The summed E-state index contributed by atoms with van der Waals surface area (Å²) < 4.78 is 10.4. The summed E-state index contributed by atoms with van der Waals surface area (Å²) in [5, 5.41) is 12.4.